The van der Waals surface area contributed by atoms with Gasteiger partial charge in [0.05, 0.1) is 0 Å². The fraction of sp³-hybridized carbons (Fsp3) is 0.462. The van der Waals surface area contributed by atoms with Gasteiger partial charge in [0.2, 0.25) is 5.91 Å². The highest BCUT2D eigenvalue weighted by Crippen LogP contribution is 2.17. The lowest BCUT2D eigenvalue weighted by Gasteiger charge is -2.18. The summed E-state index contributed by atoms with van der Waals surface area (Å²) in [6, 6.07) is 9.60. The van der Waals surface area contributed by atoms with Crippen molar-refractivity contribution in [3.8, 4) is 0 Å². The van der Waals surface area contributed by atoms with Crippen LogP contribution in [0.2, 0.25) is 0 Å². The molecule has 1 atom stereocenters. The second-order valence-corrected chi connectivity index (χ2v) is 4.11. The first-order chi connectivity index (χ1) is 7.15. The van der Waals surface area contributed by atoms with E-state index in [0.717, 1.165) is 12.1 Å². The lowest BCUT2D eigenvalue weighted by Crippen LogP contribution is -2.26. The summed E-state index contributed by atoms with van der Waals surface area (Å²) in [6.07, 6.45) is 0.885. The Bertz CT molecular complexity index is 306. The zero-order valence-corrected chi connectivity index (χ0v) is 9.66. The van der Waals surface area contributed by atoms with Gasteiger partial charge >= 0.3 is 0 Å². The molecule has 0 aromatic heterocycles. The van der Waals surface area contributed by atoms with Crippen molar-refractivity contribution >= 4 is 11.6 Å². The normalized spacial score (nSPS) is 12.5. The van der Waals surface area contributed by atoms with Gasteiger partial charge in [-0.05, 0) is 24.5 Å². The molecule has 0 aliphatic rings. The van der Waals surface area contributed by atoms with E-state index in [9.17, 15) is 4.79 Å². The maximum absolute atomic E-state index is 11.9. The molecule has 0 bridgehead atoms. The molecule has 0 saturated carbocycles. The first kappa shape index (κ1) is 11.8. The average Bonchev–Trinajstić information content (AvgIpc) is 2.19. The summed E-state index contributed by atoms with van der Waals surface area (Å²) in [4.78, 5) is 11.9. The second-order valence-electron chi connectivity index (χ2n) is 4.11. The number of hydrogen-bond donors (Lipinski definition) is 1. The molecule has 0 aliphatic heterocycles. The van der Waals surface area contributed by atoms with Crippen molar-refractivity contribution in [2.75, 3.05) is 5.32 Å². The number of hydrogen-bond acceptors (Lipinski definition) is 1. The van der Waals surface area contributed by atoms with Gasteiger partial charge in [-0.25, -0.2) is 0 Å². The SMILES string of the molecule is CC[C@@H](C(=O)Nc1ccccc1)C(C)C. The highest BCUT2D eigenvalue weighted by Gasteiger charge is 2.19. The number of carbonyl (C=O) groups is 1. The molecular formula is C13H19NO. The van der Waals surface area contributed by atoms with E-state index in [1.165, 1.54) is 0 Å². The van der Waals surface area contributed by atoms with E-state index in [1.807, 2.05) is 30.3 Å². The van der Waals surface area contributed by atoms with Crippen LogP contribution in [-0.2, 0) is 4.79 Å². The van der Waals surface area contributed by atoms with Crippen molar-refractivity contribution in [1.82, 2.24) is 0 Å². The van der Waals surface area contributed by atoms with E-state index in [1.54, 1.807) is 0 Å². The van der Waals surface area contributed by atoms with Gasteiger partial charge in [0.1, 0.15) is 0 Å². The molecule has 0 heterocycles. The van der Waals surface area contributed by atoms with Crippen LogP contribution in [-0.4, -0.2) is 5.91 Å². The van der Waals surface area contributed by atoms with E-state index in [4.69, 9.17) is 0 Å². The minimum Gasteiger partial charge on any atom is -0.326 e. The Hall–Kier alpha value is -1.31. The van der Waals surface area contributed by atoms with Crippen LogP contribution < -0.4 is 5.32 Å². The van der Waals surface area contributed by atoms with Crippen molar-refractivity contribution < 1.29 is 4.79 Å². The lowest BCUT2D eigenvalue weighted by atomic mass is 9.92. The molecule has 0 spiro atoms. The van der Waals surface area contributed by atoms with E-state index in [2.05, 4.69) is 26.1 Å². The smallest absolute Gasteiger partial charge is 0.227 e. The third-order valence-electron chi connectivity index (χ3n) is 2.62. The standard InChI is InChI=1S/C13H19NO/c1-4-12(10(2)3)13(15)14-11-8-6-5-7-9-11/h5-10,12H,4H2,1-3H3,(H,14,15)/t12-/m1/s1. The molecule has 0 aliphatic carbocycles. The first-order valence-corrected chi connectivity index (χ1v) is 5.51. The maximum Gasteiger partial charge on any atom is 0.227 e. The Balaban J connectivity index is 2.62. The Morgan fingerprint density at radius 2 is 1.87 bits per heavy atom. The summed E-state index contributed by atoms with van der Waals surface area (Å²) in [5.41, 5.74) is 0.876. The molecule has 0 fully saturated rings. The molecule has 1 aromatic rings. The van der Waals surface area contributed by atoms with Crippen LogP contribution in [0.15, 0.2) is 30.3 Å². The number of amides is 1. The van der Waals surface area contributed by atoms with Crippen LogP contribution in [0.5, 0.6) is 0 Å². The molecule has 0 saturated heterocycles. The van der Waals surface area contributed by atoms with Crippen molar-refractivity contribution in [2.24, 2.45) is 11.8 Å². The molecule has 1 rings (SSSR count). The maximum atomic E-state index is 11.9. The Morgan fingerprint density at radius 1 is 1.27 bits per heavy atom. The Labute approximate surface area is 91.7 Å². The van der Waals surface area contributed by atoms with Gasteiger partial charge in [0.25, 0.3) is 0 Å². The highest BCUT2D eigenvalue weighted by molar-refractivity contribution is 5.92. The van der Waals surface area contributed by atoms with E-state index in [0.29, 0.717) is 5.92 Å². The van der Waals surface area contributed by atoms with Gasteiger partial charge in [-0.1, -0.05) is 39.0 Å². The number of nitrogens with one attached hydrogen (secondary N) is 1. The van der Waals surface area contributed by atoms with Gasteiger partial charge in [-0.15, -0.1) is 0 Å². The first-order valence-electron chi connectivity index (χ1n) is 5.51. The third-order valence-corrected chi connectivity index (χ3v) is 2.62. The zero-order chi connectivity index (χ0) is 11.3. The van der Waals surface area contributed by atoms with Crippen LogP contribution in [0, 0.1) is 11.8 Å². The molecule has 82 valence electrons. The molecule has 1 N–H and O–H groups in total. The minimum absolute atomic E-state index is 0.102. The fourth-order valence-corrected chi connectivity index (χ4v) is 1.72. The zero-order valence-electron chi connectivity index (χ0n) is 9.66. The molecule has 2 heteroatoms. The number of benzene rings is 1. The molecule has 15 heavy (non-hydrogen) atoms. The molecule has 0 radical (unpaired) electrons. The van der Waals surface area contributed by atoms with Crippen LogP contribution >= 0.6 is 0 Å². The largest absolute Gasteiger partial charge is 0.326 e. The minimum atomic E-state index is 0.102. The Morgan fingerprint density at radius 3 is 2.33 bits per heavy atom. The predicted octanol–water partition coefficient (Wildman–Crippen LogP) is 3.31. The quantitative estimate of drug-likeness (QED) is 0.802. The van der Waals surface area contributed by atoms with Crippen LogP contribution in [0.3, 0.4) is 0 Å². The molecular weight excluding hydrogens is 186 g/mol. The monoisotopic (exact) mass is 205 g/mol. The number of carbonyl (C=O) groups excluding carboxylic acids is 1. The van der Waals surface area contributed by atoms with Crippen molar-refractivity contribution in [3.05, 3.63) is 30.3 Å². The van der Waals surface area contributed by atoms with E-state index >= 15 is 0 Å². The highest BCUT2D eigenvalue weighted by atomic mass is 16.1. The lowest BCUT2D eigenvalue weighted by molar-refractivity contribution is -0.121. The van der Waals surface area contributed by atoms with Crippen molar-refractivity contribution in [3.63, 3.8) is 0 Å². The van der Waals surface area contributed by atoms with Crippen molar-refractivity contribution in [2.45, 2.75) is 27.2 Å². The van der Waals surface area contributed by atoms with Crippen LogP contribution in [0.1, 0.15) is 27.2 Å². The summed E-state index contributed by atoms with van der Waals surface area (Å²) in [7, 11) is 0. The second kappa shape index (κ2) is 5.54. The summed E-state index contributed by atoms with van der Waals surface area (Å²) >= 11 is 0. The number of rotatable bonds is 4. The molecule has 0 unspecified atom stereocenters. The summed E-state index contributed by atoms with van der Waals surface area (Å²) in [6.45, 7) is 6.22. The van der Waals surface area contributed by atoms with Crippen LogP contribution in [0.25, 0.3) is 0 Å². The fourth-order valence-electron chi connectivity index (χ4n) is 1.72. The van der Waals surface area contributed by atoms with Gasteiger partial charge in [0, 0.05) is 11.6 Å². The van der Waals surface area contributed by atoms with Crippen LogP contribution in [0.4, 0.5) is 5.69 Å². The van der Waals surface area contributed by atoms with Gasteiger partial charge in [0.15, 0.2) is 0 Å². The summed E-state index contributed by atoms with van der Waals surface area (Å²) in [5.74, 6) is 0.614. The summed E-state index contributed by atoms with van der Waals surface area (Å²) in [5, 5.41) is 2.94. The average molecular weight is 205 g/mol. The molecule has 1 aromatic carbocycles. The molecule has 1 amide bonds. The number of para-hydroxylation sites is 1. The number of anilines is 1. The summed E-state index contributed by atoms with van der Waals surface area (Å²) < 4.78 is 0. The van der Waals surface area contributed by atoms with E-state index < -0.39 is 0 Å². The van der Waals surface area contributed by atoms with E-state index in [-0.39, 0.29) is 11.8 Å². The topological polar surface area (TPSA) is 29.1 Å². The van der Waals surface area contributed by atoms with Gasteiger partial charge < -0.3 is 5.32 Å². The Kier molecular flexibility index (Phi) is 4.35. The van der Waals surface area contributed by atoms with Crippen molar-refractivity contribution in [1.29, 1.82) is 0 Å². The third kappa shape index (κ3) is 3.39. The predicted molar refractivity (Wildman–Crippen MR) is 63.7 cm³/mol. The van der Waals surface area contributed by atoms with Gasteiger partial charge in [-0.3, -0.25) is 4.79 Å². The molecule has 2 nitrogen and oxygen atoms in total. The van der Waals surface area contributed by atoms with Gasteiger partial charge in [-0.2, -0.15) is 0 Å².